The highest BCUT2D eigenvalue weighted by Crippen LogP contribution is 2.23. The van der Waals surface area contributed by atoms with Gasteiger partial charge >= 0.3 is 12.2 Å². The van der Waals surface area contributed by atoms with E-state index in [4.69, 9.17) is 4.74 Å². The van der Waals surface area contributed by atoms with E-state index in [1.807, 2.05) is 103 Å². The molecule has 0 aliphatic heterocycles. The van der Waals surface area contributed by atoms with Crippen LogP contribution in [0.25, 0.3) is 11.3 Å². The zero-order valence-electron chi connectivity index (χ0n) is 25.5. The van der Waals surface area contributed by atoms with Crippen LogP contribution in [0.3, 0.4) is 0 Å². The van der Waals surface area contributed by atoms with Crippen LogP contribution in [0.2, 0.25) is 0 Å². The Morgan fingerprint density at radius 1 is 0.818 bits per heavy atom. The molecule has 1 heterocycles. The monoisotopic (exact) mass is 595 g/mol. The van der Waals surface area contributed by atoms with Crippen LogP contribution >= 0.6 is 0 Å². The van der Waals surface area contributed by atoms with Crippen molar-refractivity contribution in [1.29, 1.82) is 0 Å². The summed E-state index contributed by atoms with van der Waals surface area (Å²) >= 11 is 0. The van der Waals surface area contributed by atoms with Crippen molar-refractivity contribution in [3.63, 3.8) is 0 Å². The van der Waals surface area contributed by atoms with Gasteiger partial charge in [0.15, 0.2) is 0 Å². The lowest BCUT2D eigenvalue weighted by molar-refractivity contribution is 0.0351. The van der Waals surface area contributed by atoms with Gasteiger partial charge in [-0.2, -0.15) is 0 Å². The number of aromatic nitrogens is 1. The minimum atomic E-state index is -1.09. The van der Waals surface area contributed by atoms with Gasteiger partial charge in [-0.1, -0.05) is 91.0 Å². The first kappa shape index (κ1) is 32.2. The Balaban J connectivity index is 1.61. The van der Waals surface area contributed by atoms with E-state index in [1.165, 1.54) is 4.90 Å². The van der Waals surface area contributed by atoms with E-state index >= 15 is 0 Å². The van der Waals surface area contributed by atoms with Gasteiger partial charge in [0, 0.05) is 24.3 Å². The highest BCUT2D eigenvalue weighted by molar-refractivity contribution is 5.68. The molecule has 4 aromatic rings. The average molecular weight is 596 g/mol. The molecule has 8 nitrogen and oxygen atoms in total. The number of carboxylic acid groups (broad SMARTS) is 1. The Hall–Kier alpha value is -4.69. The lowest BCUT2D eigenvalue weighted by Gasteiger charge is -2.34. The first-order chi connectivity index (χ1) is 21.1. The lowest BCUT2D eigenvalue weighted by Crippen LogP contribution is -2.50. The number of nitrogens with zero attached hydrogens (tertiary/aromatic N) is 2. The number of hydrogen-bond acceptors (Lipinski definition) is 5. The minimum absolute atomic E-state index is 0.0917. The molecule has 230 valence electrons. The summed E-state index contributed by atoms with van der Waals surface area (Å²) in [7, 11) is 0. The van der Waals surface area contributed by atoms with E-state index < -0.39 is 36.0 Å². The SMILES string of the molecule is CC(C)(C)OC(=O)N[C@@H](Cc1ccccc1)[C@@H](O)CC(Cc1ccc(-c2ccccn2)cc1)N(Cc1ccccc1)C(=O)O. The number of ether oxygens (including phenoxy) is 1. The summed E-state index contributed by atoms with van der Waals surface area (Å²) < 4.78 is 5.50. The number of carbonyl (C=O) groups is 2. The van der Waals surface area contributed by atoms with E-state index in [0.29, 0.717) is 12.8 Å². The van der Waals surface area contributed by atoms with Gasteiger partial charge in [-0.05, 0) is 68.9 Å². The van der Waals surface area contributed by atoms with Crippen LogP contribution in [0.15, 0.2) is 109 Å². The number of nitrogens with one attached hydrogen (secondary N) is 1. The van der Waals surface area contributed by atoms with Gasteiger partial charge in [-0.25, -0.2) is 9.59 Å². The van der Waals surface area contributed by atoms with E-state index in [9.17, 15) is 19.8 Å². The molecule has 1 unspecified atom stereocenters. The summed E-state index contributed by atoms with van der Waals surface area (Å²) in [6.45, 7) is 5.48. The molecule has 0 radical (unpaired) electrons. The maximum Gasteiger partial charge on any atom is 0.407 e. The Labute approximate surface area is 259 Å². The van der Waals surface area contributed by atoms with Crippen LogP contribution in [0.1, 0.15) is 43.9 Å². The van der Waals surface area contributed by atoms with Crippen LogP contribution in [0, 0.1) is 0 Å². The predicted molar refractivity (Wildman–Crippen MR) is 171 cm³/mol. The molecule has 0 saturated carbocycles. The third-order valence-corrected chi connectivity index (χ3v) is 7.25. The van der Waals surface area contributed by atoms with Gasteiger partial charge in [0.25, 0.3) is 0 Å². The molecule has 0 spiro atoms. The number of benzene rings is 3. The van der Waals surface area contributed by atoms with E-state index in [2.05, 4.69) is 10.3 Å². The number of carbonyl (C=O) groups excluding carboxylic acids is 1. The van der Waals surface area contributed by atoms with Crippen molar-refractivity contribution in [2.45, 2.75) is 70.4 Å². The van der Waals surface area contributed by atoms with Crippen LogP contribution in [0.5, 0.6) is 0 Å². The third-order valence-electron chi connectivity index (χ3n) is 7.25. The number of rotatable bonds is 12. The normalized spacial score (nSPS) is 13.4. The number of pyridine rings is 1. The molecule has 1 aromatic heterocycles. The molecule has 0 bridgehead atoms. The fourth-order valence-electron chi connectivity index (χ4n) is 5.12. The molecule has 0 aliphatic rings. The summed E-state index contributed by atoms with van der Waals surface area (Å²) in [5, 5.41) is 24.9. The molecular weight excluding hydrogens is 554 g/mol. The molecule has 3 atom stereocenters. The smallest absolute Gasteiger partial charge is 0.407 e. The van der Waals surface area contributed by atoms with Gasteiger partial charge in [0.2, 0.25) is 0 Å². The molecule has 0 saturated heterocycles. The number of alkyl carbamates (subject to hydrolysis) is 1. The molecule has 4 rings (SSSR count). The average Bonchev–Trinajstić information content (AvgIpc) is 3.00. The van der Waals surface area contributed by atoms with Crippen molar-refractivity contribution in [2.24, 2.45) is 0 Å². The van der Waals surface area contributed by atoms with Crippen molar-refractivity contribution >= 4 is 12.2 Å². The number of amides is 2. The van der Waals surface area contributed by atoms with Gasteiger partial charge < -0.3 is 25.2 Å². The summed E-state index contributed by atoms with van der Waals surface area (Å²) in [6.07, 6.45) is -0.255. The maximum absolute atomic E-state index is 12.8. The van der Waals surface area contributed by atoms with Crippen LogP contribution < -0.4 is 5.32 Å². The van der Waals surface area contributed by atoms with Crippen LogP contribution in [-0.2, 0) is 24.1 Å². The van der Waals surface area contributed by atoms with Crippen molar-refractivity contribution in [3.8, 4) is 11.3 Å². The van der Waals surface area contributed by atoms with E-state index in [1.54, 1.807) is 27.0 Å². The van der Waals surface area contributed by atoms with Crippen LogP contribution in [-0.4, -0.2) is 56.1 Å². The zero-order chi connectivity index (χ0) is 31.5. The van der Waals surface area contributed by atoms with E-state index in [-0.39, 0.29) is 13.0 Å². The first-order valence-corrected chi connectivity index (χ1v) is 14.8. The third kappa shape index (κ3) is 9.95. The van der Waals surface area contributed by atoms with Crippen molar-refractivity contribution in [1.82, 2.24) is 15.2 Å². The quantitative estimate of drug-likeness (QED) is 0.168. The molecule has 0 aliphatic carbocycles. The van der Waals surface area contributed by atoms with Crippen molar-refractivity contribution < 1.29 is 24.5 Å². The molecule has 8 heteroatoms. The Morgan fingerprint density at radius 3 is 1.98 bits per heavy atom. The minimum Gasteiger partial charge on any atom is -0.465 e. The molecule has 3 aromatic carbocycles. The highest BCUT2D eigenvalue weighted by atomic mass is 16.6. The number of aliphatic hydroxyl groups excluding tert-OH is 1. The second kappa shape index (κ2) is 15.2. The van der Waals surface area contributed by atoms with Gasteiger partial charge in [0.05, 0.1) is 17.8 Å². The molecule has 2 amide bonds. The fourth-order valence-corrected chi connectivity index (χ4v) is 5.12. The topological polar surface area (TPSA) is 112 Å². The summed E-state index contributed by atoms with van der Waals surface area (Å²) in [6, 6.07) is 31.2. The predicted octanol–water partition coefficient (Wildman–Crippen LogP) is 6.73. The molecule has 44 heavy (non-hydrogen) atoms. The molecular formula is C36H41N3O5. The molecule has 0 fully saturated rings. The zero-order valence-corrected chi connectivity index (χ0v) is 25.5. The Kier molecular flexibility index (Phi) is 11.1. The maximum atomic E-state index is 12.8. The second-order valence-electron chi connectivity index (χ2n) is 11.9. The van der Waals surface area contributed by atoms with Gasteiger partial charge in [-0.3, -0.25) is 4.98 Å². The van der Waals surface area contributed by atoms with Crippen molar-refractivity contribution in [2.75, 3.05) is 0 Å². The second-order valence-corrected chi connectivity index (χ2v) is 11.9. The number of hydrogen-bond donors (Lipinski definition) is 3. The summed E-state index contributed by atoms with van der Waals surface area (Å²) in [4.78, 5) is 31.3. The summed E-state index contributed by atoms with van der Waals surface area (Å²) in [5.74, 6) is 0. The van der Waals surface area contributed by atoms with Gasteiger partial charge in [0.1, 0.15) is 5.60 Å². The highest BCUT2D eigenvalue weighted by Gasteiger charge is 2.31. The largest absolute Gasteiger partial charge is 0.465 e. The summed E-state index contributed by atoms with van der Waals surface area (Å²) in [5.41, 5.74) is 3.77. The fraction of sp³-hybridized carbons (Fsp3) is 0.306. The van der Waals surface area contributed by atoms with E-state index in [0.717, 1.165) is 27.9 Å². The Morgan fingerprint density at radius 2 is 1.41 bits per heavy atom. The standard InChI is InChI=1S/C36H41N3O5/c1-36(2,3)44-34(41)38-32(23-26-12-6-4-7-13-26)33(40)24-30(39(35(42)43)25-28-14-8-5-9-15-28)22-27-17-19-29(20-18-27)31-16-10-11-21-37-31/h4-21,30,32-33,40H,22-25H2,1-3H3,(H,38,41)(H,42,43)/t30?,32-,33-/m0/s1. The van der Waals surface area contributed by atoms with Crippen LogP contribution in [0.4, 0.5) is 9.59 Å². The lowest BCUT2D eigenvalue weighted by atomic mass is 9.92. The first-order valence-electron chi connectivity index (χ1n) is 14.8. The van der Waals surface area contributed by atoms with Gasteiger partial charge in [-0.15, -0.1) is 0 Å². The Bertz CT molecular complexity index is 1460. The van der Waals surface area contributed by atoms with Crippen molar-refractivity contribution in [3.05, 3.63) is 126 Å². The molecule has 3 N–H and O–H groups in total. The number of aliphatic hydroxyl groups is 1.